The lowest BCUT2D eigenvalue weighted by Gasteiger charge is -2.16. The van der Waals surface area contributed by atoms with Crippen molar-refractivity contribution in [3.8, 4) is 0 Å². The predicted octanol–water partition coefficient (Wildman–Crippen LogP) is 3.83. The molecule has 1 N–H and O–H groups in total. The molecule has 2 atom stereocenters. The lowest BCUT2D eigenvalue weighted by atomic mass is 10.2. The Bertz CT molecular complexity index is 399. The lowest BCUT2D eigenvalue weighted by Crippen LogP contribution is -2.15. The van der Waals surface area contributed by atoms with Gasteiger partial charge in [0.1, 0.15) is 0 Å². The number of benzene rings is 1. The molecule has 1 aliphatic heterocycles. The first-order valence-corrected chi connectivity index (χ1v) is 8.15. The zero-order valence-electron chi connectivity index (χ0n) is 10.9. The summed E-state index contributed by atoms with van der Waals surface area (Å²) >= 11 is 5.52. The SMILES string of the molecule is CCNCc1ccc(Br)cc1SC1CCOC1C. The van der Waals surface area contributed by atoms with Crippen LogP contribution >= 0.6 is 27.7 Å². The highest BCUT2D eigenvalue weighted by Gasteiger charge is 2.25. The van der Waals surface area contributed by atoms with Crippen molar-refractivity contribution < 1.29 is 4.74 Å². The average Bonchev–Trinajstić information content (AvgIpc) is 2.74. The molecule has 0 aliphatic carbocycles. The molecule has 0 bridgehead atoms. The first kappa shape index (κ1) is 14.4. The van der Waals surface area contributed by atoms with E-state index in [4.69, 9.17) is 4.74 Å². The number of thioether (sulfide) groups is 1. The maximum absolute atomic E-state index is 5.64. The summed E-state index contributed by atoms with van der Waals surface area (Å²) in [5.74, 6) is 0. The smallest absolute Gasteiger partial charge is 0.0669 e. The summed E-state index contributed by atoms with van der Waals surface area (Å²) in [6.45, 7) is 7.15. The highest BCUT2D eigenvalue weighted by molar-refractivity contribution is 9.10. The van der Waals surface area contributed by atoms with Gasteiger partial charge in [-0.2, -0.15) is 0 Å². The van der Waals surface area contributed by atoms with Gasteiger partial charge in [0.15, 0.2) is 0 Å². The molecule has 0 radical (unpaired) electrons. The summed E-state index contributed by atoms with van der Waals surface area (Å²) < 4.78 is 6.79. The first-order valence-electron chi connectivity index (χ1n) is 6.48. The fraction of sp³-hybridized carbons (Fsp3) is 0.571. The Morgan fingerprint density at radius 2 is 2.33 bits per heavy atom. The van der Waals surface area contributed by atoms with Gasteiger partial charge in [-0.3, -0.25) is 0 Å². The van der Waals surface area contributed by atoms with Crippen LogP contribution in [0.5, 0.6) is 0 Å². The standard InChI is InChI=1S/C14H20BrNOS/c1-3-16-9-11-4-5-12(15)8-14(11)18-13-6-7-17-10(13)2/h4-5,8,10,13,16H,3,6-7,9H2,1-2H3. The fourth-order valence-electron chi connectivity index (χ4n) is 2.07. The number of hydrogen-bond acceptors (Lipinski definition) is 3. The second-order valence-electron chi connectivity index (χ2n) is 4.55. The van der Waals surface area contributed by atoms with Crippen LogP contribution in [0.4, 0.5) is 0 Å². The van der Waals surface area contributed by atoms with Crippen molar-refractivity contribution in [1.82, 2.24) is 5.32 Å². The van der Waals surface area contributed by atoms with Crippen LogP contribution in [0.2, 0.25) is 0 Å². The zero-order chi connectivity index (χ0) is 13.0. The normalized spacial score (nSPS) is 23.5. The van der Waals surface area contributed by atoms with Crippen LogP contribution in [0.15, 0.2) is 27.6 Å². The summed E-state index contributed by atoms with van der Waals surface area (Å²) in [5.41, 5.74) is 1.38. The van der Waals surface area contributed by atoms with Gasteiger partial charge in [-0.1, -0.05) is 28.9 Å². The number of ether oxygens (including phenoxy) is 1. The van der Waals surface area contributed by atoms with Crippen LogP contribution < -0.4 is 5.32 Å². The minimum absolute atomic E-state index is 0.362. The van der Waals surface area contributed by atoms with Crippen LogP contribution in [0, 0.1) is 0 Å². The van der Waals surface area contributed by atoms with Gasteiger partial charge in [0.25, 0.3) is 0 Å². The molecule has 2 unspecified atom stereocenters. The molecule has 0 saturated carbocycles. The fourth-order valence-corrected chi connectivity index (χ4v) is 3.88. The van der Waals surface area contributed by atoms with Crippen molar-refractivity contribution in [2.45, 2.75) is 43.1 Å². The zero-order valence-corrected chi connectivity index (χ0v) is 13.3. The summed E-state index contributed by atoms with van der Waals surface area (Å²) in [5, 5.41) is 3.98. The summed E-state index contributed by atoms with van der Waals surface area (Å²) in [6, 6.07) is 6.54. The number of rotatable bonds is 5. The molecule has 1 heterocycles. The average molecular weight is 330 g/mol. The molecule has 1 fully saturated rings. The van der Waals surface area contributed by atoms with E-state index in [0.29, 0.717) is 11.4 Å². The van der Waals surface area contributed by atoms with Crippen LogP contribution in [-0.4, -0.2) is 24.5 Å². The molecule has 1 aromatic rings. The van der Waals surface area contributed by atoms with Crippen molar-refractivity contribution in [3.63, 3.8) is 0 Å². The highest BCUT2D eigenvalue weighted by atomic mass is 79.9. The first-order chi connectivity index (χ1) is 8.70. The maximum Gasteiger partial charge on any atom is 0.0669 e. The van der Waals surface area contributed by atoms with Gasteiger partial charge in [0, 0.05) is 27.8 Å². The Hall–Kier alpha value is -0.0300. The van der Waals surface area contributed by atoms with Gasteiger partial charge in [-0.25, -0.2) is 0 Å². The molecule has 1 saturated heterocycles. The lowest BCUT2D eigenvalue weighted by molar-refractivity contribution is 0.127. The molecule has 100 valence electrons. The molecule has 0 amide bonds. The molecule has 0 aromatic heterocycles. The Morgan fingerprint density at radius 3 is 3.00 bits per heavy atom. The minimum Gasteiger partial charge on any atom is -0.377 e. The number of hydrogen-bond donors (Lipinski definition) is 1. The topological polar surface area (TPSA) is 21.3 Å². The minimum atomic E-state index is 0.362. The van der Waals surface area contributed by atoms with Crippen LogP contribution in [-0.2, 0) is 11.3 Å². The van der Waals surface area contributed by atoms with E-state index in [1.165, 1.54) is 10.5 Å². The second-order valence-corrected chi connectivity index (χ2v) is 6.75. The molecule has 2 nitrogen and oxygen atoms in total. The molecular formula is C14H20BrNOS. The quantitative estimate of drug-likeness (QED) is 0.887. The monoisotopic (exact) mass is 329 g/mol. The Morgan fingerprint density at radius 1 is 1.50 bits per heavy atom. The van der Waals surface area contributed by atoms with Crippen molar-refractivity contribution in [2.75, 3.05) is 13.2 Å². The second kappa shape index (κ2) is 6.94. The van der Waals surface area contributed by atoms with E-state index in [1.54, 1.807) is 0 Å². The van der Waals surface area contributed by atoms with Gasteiger partial charge >= 0.3 is 0 Å². The van der Waals surface area contributed by atoms with Gasteiger partial charge in [-0.05, 0) is 37.6 Å². The number of nitrogens with one attached hydrogen (secondary N) is 1. The van der Waals surface area contributed by atoms with E-state index in [9.17, 15) is 0 Å². The van der Waals surface area contributed by atoms with E-state index in [-0.39, 0.29) is 0 Å². The van der Waals surface area contributed by atoms with Crippen molar-refractivity contribution >= 4 is 27.7 Å². The molecule has 18 heavy (non-hydrogen) atoms. The van der Waals surface area contributed by atoms with Crippen molar-refractivity contribution in [1.29, 1.82) is 0 Å². The van der Waals surface area contributed by atoms with Crippen LogP contribution in [0.3, 0.4) is 0 Å². The molecule has 2 rings (SSSR count). The van der Waals surface area contributed by atoms with E-state index in [2.05, 4.69) is 53.3 Å². The van der Waals surface area contributed by atoms with Crippen LogP contribution in [0.25, 0.3) is 0 Å². The van der Waals surface area contributed by atoms with E-state index in [0.717, 1.165) is 30.6 Å². The van der Waals surface area contributed by atoms with E-state index < -0.39 is 0 Å². The summed E-state index contributed by atoms with van der Waals surface area (Å²) in [6.07, 6.45) is 1.51. The maximum atomic E-state index is 5.64. The third-order valence-corrected chi connectivity index (χ3v) is 5.23. The number of halogens is 1. The Balaban J connectivity index is 2.11. The Labute approximate surface area is 122 Å². The van der Waals surface area contributed by atoms with E-state index in [1.807, 2.05) is 11.8 Å². The van der Waals surface area contributed by atoms with Crippen molar-refractivity contribution in [3.05, 3.63) is 28.2 Å². The molecule has 4 heteroatoms. The van der Waals surface area contributed by atoms with Crippen molar-refractivity contribution in [2.24, 2.45) is 0 Å². The summed E-state index contributed by atoms with van der Waals surface area (Å²) in [4.78, 5) is 1.37. The molecule has 0 spiro atoms. The molecular weight excluding hydrogens is 310 g/mol. The third kappa shape index (κ3) is 3.73. The van der Waals surface area contributed by atoms with Gasteiger partial charge in [0.05, 0.1) is 6.10 Å². The van der Waals surface area contributed by atoms with Gasteiger partial charge < -0.3 is 10.1 Å². The van der Waals surface area contributed by atoms with E-state index >= 15 is 0 Å². The third-order valence-electron chi connectivity index (χ3n) is 3.18. The van der Waals surface area contributed by atoms with Gasteiger partial charge in [0.2, 0.25) is 0 Å². The van der Waals surface area contributed by atoms with Gasteiger partial charge in [-0.15, -0.1) is 11.8 Å². The largest absolute Gasteiger partial charge is 0.377 e. The molecule has 1 aliphatic rings. The summed E-state index contributed by atoms with van der Waals surface area (Å²) in [7, 11) is 0. The predicted molar refractivity (Wildman–Crippen MR) is 81.2 cm³/mol. The highest BCUT2D eigenvalue weighted by Crippen LogP contribution is 2.35. The Kier molecular flexibility index (Phi) is 5.55. The van der Waals surface area contributed by atoms with Crippen LogP contribution in [0.1, 0.15) is 25.8 Å². The molecule has 1 aromatic carbocycles.